The lowest BCUT2D eigenvalue weighted by atomic mass is 10.3. The minimum Gasteiger partial charge on any atom is -0.465 e. The van der Waals surface area contributed by atoms with Gasteiger partial charge in [0.2, 0.25) is 0 Å². The number of fused-ring (bicyclic) bond motifs is 1. The third-order valence-electron chi connectivity index (χ3n) is 3.62. The molecule has 0 radical (unpaired) electrons. The number of esters is 1. The maximum atomic E-state index is 13.7. The third-order valence-corrected chi connectivity index (χ3v) is 4.76. The molecule has 10 heteroatoms. The number of thiophene rings is 1. The largest absolute Gasteiger partial charge is 0.465 e. The summed E-state index contributed by atoms with van der Waals surface area (Å²) in [5.41, 5.74) is -1.13. The van der Waals surface area contributed by atoms with E-state index < -0.39 is 29.3 Å². The van der Waals surface area contributed by atoms with E-state index in [0.717, 1.165) is 35.5 Å². The lowest BCUT2D eigenvalue weighted by Gasteiger charge is -2.16. The van der Waals surface area contributed by atoms with Gasteiger partial charge in [-0.1, -0.05) is 0 Å². The van der Waals surface area contributed by atoms with Gasteiger partial charge in [0, 0.05) is 19.2 Å². The van der Waals surface area contributed by atoms with E-state index in [-0.39, 0.29) is 16.8 Å². The number of nitrogens with zero attached hydrogens (tertiary/aromatic N) is 1. The lowest BCUT2D eigenvalue weighted by Crippen LogP contribution is -2.30. The van der Waals surface area contributed by atoms with Crippen LogP contribution in [-0.4, -0.2) is 26.2 Å². The summed E-state index contributed by atoms with van der Waals surface area (Å²) in [6, 6.07) is 4.82. The molecular weight excluding hydrogens is 382 g/mol. The molecule has 2 heterocycles. The first-order valence-electron chi connectivity index (χ1n) is 7.46. The van der Waals surface area contributed by atoms with Crippen LogP contribution in [0.15, 0.2) is 39.5 Å². The third kappa shape index (κ3) is 3.65. The monoisotopic (exact) mass is 394 g/mol. The summed E-state index contributed by atoms with van der Waals surface area (Å²) >= 11 is 1.07. The first-order valence-corrected chi connectivity index (χ1v) is 8.27. The van der Waals surface area contributed by atoms with Crippen molar-refractivity contribution in [3.8, 4) is 0 Å². The second kappa shape index (κ2) is 7.16. The van der Waals surface area contributed by atoms with Crippen molar-refractivity contribution < 1.29 is 27.5 Å². The van der Waals surface area contributed by atoms with Gasteiger partial charge in [-0.25, -0.2) is 23.2 Å². The Morgan fingerprint density at radius 3 is 2.63 bits per heavy atom. The number of anilines is 2. The number of urea groups is 1. The topological polar surface area (TPSA) is 88.8 Å². The van der Waals surface area contributed by atoms with Crippen LogP contribution >= 0.6 is 11.3 Å². The smallest absolute Gasteiger partial charge is 0.351 e. The van der Waals surface area contributed by atoms with E-state index >= 15 is 0 Å². The zero-order valence-corrected chi connectivity index (χ0v) is 14.9. The van der Waals surface area contributed by atoms with Gasteiger partial charge in [0.15, 0.2) is 5.58 Å². The van der Waals surface area contributed by atoms with Crippen LogP contribution in [0, 0.1) is 11.6 Å². The molecule has 0 fully saturated rings. The highest BCUT2D eigenvalue weighted by Gasteiger charge is 2.19. The summed E-state index contributed by atoms with van der Waals surface area (Å²) in [4.78, 5) is 36.9. The number of benzene rings is 1. The number of hydrogen-bond donors (Lipinski definition) is 1. The van der Waals surface area contributed by atoms with Crippen molar-refractivity contribution in [3.05, 3.63) is 57.9 Å². The highest BCUT2D eigenvalue weighted by molar-refractivity contribution is 7.22. The molecule has 0 spiro atoms. The van der Waals surface area contributed by atoms with Crippen molar-refractivity contribution in [3.63, 3.8) is 0 Å². The Labute approximate surface area is 154 Å². The van der Waals surface area contributed by atoms with Gasteiger partial charge in [0.25, 0.3) is 0 Å². The zero-order chi connectivity index (χ0) is 19.7. The van der Waals surface area contributed by atoms with Crippen LogP contribution in [0.2, 0.25) is 0 Å². The van der Waals surface area contributed by atoms with E-state index in [1.54, 1.807) is 0 Å². The zero-order valence-electron chi connectivity index (χ0n) is 14.0. The Bertz CT molecular complexity index is 1110. The molecule has 2 amide bonds. The number of halogens is 2. The molecule has 0 unspecified atom stereocenters. The van der Waals surface area contributed by atoms with Gasteiger partial charge >= 0.3 is 17.6 Å². The highest BCUT2D eigenvalue weighted by Crippen LogP contribution is 2.32. The summed E-state index contributed by atoms with van der Waals surface area (Å²) in [6.45, 7) is 0. The van der Waals surface area contributed by atoms with Crippen molar-refractivity contribution in [1.82, 2.24) is 0 Å². The fraction of sp³-hybridized carbons (Fsp3) is 0.118. The molecule has 1 aromatic carbocycles. The molecule has 0 saturated heterocycles. The minimum absolute atomic E-state index is 0.181. The fourth-order valence-corrected chi connectivity index (χ4v) is 3.20. The Kier molecular flexibility index (Phi) is 4.91. The molecule has 0 aliphatic rings. The molecule has 7 nitrogen and oxygen atoms in total. The van der Waals surface area contributed by atoms with Crippen molar-refractivity contribution in [2.24, 2.45) is 0 Å². The highest BCUT2D eigenvalue weighted by atomic mass is 32.1. The first-order chi connectivity index (χ1) is 12.8. The number of rotatable bonds is 3. The fourth-order valence-electron chi connectivity index (χ4n) is 2.21. The molecule has 140 valence electrons. The van der Waals surface area contributed by atoms with Gasteiger partial charge in [-0.15, -0.1) is 11.3 Å². The minimum atomic E-state index is -0.915. The van der Waals surface area contributed by atoms with Crippen molar-refractivity contribution in [2.45, 2.75) is 0 Å². The molecule has 0 saturated carbocycles. The van der Waals surface area contributed by atoms with E-state index in [4.69, 9.17) is 4.42 Å². The molecule has 3 rings (SSSR count). The molecule has 0 aliphatic carbocycles. The van der Waals surface area contributed by atoms with Crippen LogP contribution < -0.4 is 15.8 Å². The SMILES string of the molecule is COC(=O)c1cc2sc(N(C)C(=O)Nc3ccc(F)cc3F)cc2oc1=O. The number of hydrogen-bond acceptors (Lipinski definition) is 6. The van der Waals surface area contributed by atoms with Gasteiger partial charge in [-0.3, -0.25) is 4.90 Å². The van der Waals surface area contributed by atoms with Gasteiger partial charge in [-0.2, -0.15) is 0 Å². The second-order valence-corrected chi connectivity index (χ2v) is 6.43. The standard InChI is InChI=1S/C17H12F2N2O5S/c1-21(17(24)20-11-4-3-8(18)5-10(11)19)14-7-12-13(27-14)6-9(15(22)25-2)16(23)26-12/h3-7H,1-2H3,(H,20,24). The van der Waals surface area contributed by atoms with Crippen molar-refractivity contribution in [2.75, 3.05) is 24.4 Å². The van der Waals surface area contributed by atoms with Crippen LogP contribution in [0.1, 0.15) is 10.4 Å². The van der Waals surface area contributed by atoms with Crippen LogP contribution in [0.5, 0.6) is 0 Å². The average Bonchev–Trinajstić information content (AvgIpc) is 3.04. The number of ether oxygens (including phenoxy) is 1. The van der Waals surface area contributed by atoms with Gasteiger partial charge in [0.1, 0.15) is 22.2 Å². The normalized spacial score (nSPS) is 10.7. The molecule has 0 atom stereocenters. The lowest BCUT2D eigenvalue weighted by molar-refractivity contribution is 0.0596. The molecule has 1 N–H and O–H groups in total. The Morgan fingerprint density at radius 1 is 1.22 bits per heavy atom. The van der Waals surface area contributed by atoms with E-state index in [9.17, 15) is 23.2 Å². The van der Waals surface area contributed by atoms with Crippen molar-refractivity contribution >= 4 is 44.3 Å². The van der Waals surface area contributed by atoms with Crippen LogP contribution in [-0.2, 0) is 4.74 Å². The maximum Gasteiger partial charge on any atom is 0.351 e. The number of amides is 2. The predicted molar refractivity (Wildman–Crippen MR) is 95.5 cm³/mol. The molecule has 3 aromatic rings. The van der Waals surface area contributed by atoms with Gasteiger partial charge in [-0.05, 0) is 18.2 Å². The van der Waals surface area contributed by atoms with E-state index in [1.165, 1.54) is 19.2 Å². The average molecular weight is 394 g/mol. The van der Waals surface area contributed by atoms with E-state index in [0.29, 0.717) is 15.8 Å². The molecule has 27 heavy (non-hydrogen) atoms. The number of methoxy groups -OCH3 is 1. The predicted octanol–water partition coefficient (Wildman–Crippen LogP) is 3.59. The van der Waals surface area contributed by atoms with Gasteiger partial charge in [0.05, 0.1) is 17.5 Å². The second-order valence-electron chi connectivity index (χ2n) is 5.37. The van der Waals surface area contributed by atoms with E-state index in [1.807, 2.05) is 0 Å². The summed E-state index contributed by atoms with van der Waals surface area (Å²) < 4.78 is 36.6. The van der Waals surface area contributed by atoms with Crippen LogP contribution in [0.25, 0.3) is 10.3 Å². The van der Waals surface area contributed by atoms with Crippen LogP contribution in [0.3, 0.4) is 0 Å². The Hall–Kier alpha value is -3.27. The number of carbonyl (C=O) groups excluding carboxylic acids is 2. The summed E-state index contributed by atoms with van der Waals surface area (Å²) in [5, 5.41) is 2.69. The Morgan fingerprint density at radius 2 is 1.96 bits per heavy atom. The molecule has 2 aromatic heterocycles. The van der Waals surface area contributed by atoms with Crippen molar-refractivity contribution in [1.29, 1.82) is 0 Å². The first kappa shape index (κ1) is 18.5. The summed E-state index contributed by atoms with van der Waals surface area (Å²) in [6.07, 6.45) is 0. The van der Waals surface area contributed by atoms with Gasteiger partial charge < -0.3 is 14.5 Å². The quantitative estimate of drug-likeness (QED) is 0.686. The molecule has 0 bridgehead atoms. The number of nitrogens with one attached hydrogen (secondary N) is 1. The molecule has 0 aliphatic heterocycles. The number of carbonyl (C=O) groups is 2. The molecular formula is C17H12F2N2O5S. The summed E-state index contributed by atoms with van der Waals surface area (Å²) in [7, 11) is 2.55. The maximum absolute atomic E-state index is 13.7. The Balaban J connectivity index is 1.88. The van der Waals surface area contributed by atoms with Crippen LogP contribution in [0.4, 0.5) is 24.3 Å². The van der Waals surface area contributed by atoms with E-state index in [2.05, 4.69) is 10.1 Å². The summed E-state index contributed by atoms with van der Waals surface area (Å²) in [5.74, 6) is -2.51.